The van der Waals surface area contributed by atoms with Gasteiger partial charge in [-0.25, -0.2) is 0 Å². The number of carbonyl (C=O) groups is 1. The summed E-state index contributed by atoms with van der Waals surface area (Å²) in [5.74, 6) is -0.230. The minimum Gasteiger partial charge on any atom is -0.469 e. The molecule has 0 bridgehead atoms. The predicted octanol–water partition coefficient (Wildman–Crippen LogP) is 0.269. The van der Waals surface area contributed by atoms with Crippen molar-refractivity contribution in [2.24, 2.45) is 0 Å². The largest absolute Gasteiger partial charge is 0.469 e. The van der Waals surface area contributed by atoms with Gasteiger partial charge >= 0.3 is 5.97 Å². The lowest BCUT2D eigenvalue weighted by atomic mass is 10.3. The maximum Gasteiger partial charge on any atom is 0.307 e. The minimum atomic E-state index is -0.230. The molecule has 0 amide bonds. The molecule has 1 heterocycles. The highest BCUT2D eigenvalue weighted by molar-refractivity contribution is 5.69. The first-order chi connectivity index (χ1) is 7.63. The molecule has 0 spiro atoms. The van der Waals surface area contributed by atoms with Crippen molar-refractivity contribution >= 4 is 5.97 Å². The molecule has 1 N–H and O–H groups in total. The van der Waals surface area contributed by atoms with Crippen molar-refractivity contribution in [3.63, 3.8) is 0 Å². The van der Waals surface area contributed by atoms with Crippen LogP contribution in [0.4, 0.5) is 0 Å². The maximum atomic E-state index is 10.3. The van der Waals surface area contributed by atoms with Gasteiger partial charge in [0, 0.05) is 20.2 Å². The van der Waals surface area contributed by atoms with Crippen molar-refractivity contribution < 1.29 is 19.4 Å². The number of aliphatic hydroxyl groups excluding tert-OH is 1. The van der Waals surface area contributed by atoms with Crippen molar-refractivity contribution in [3.05, 3.63) is 0 Å². The molecule has 1 aliphatic heterocycles. The molecule has 16 heavy (non-hydrogen) atoms. The Morgan fingerprint density at radius 3 is 2.50 bits per heavy atom. The molecule has 5 nitrogen and oxygen atoms in total. The second-order valence-corrected chi connectivity index (χ2v) is 3.65. The molecule has 1 fully saturated rings. The Balaban J connectivity index is 0.000000281. The smallest absolute Gasteiger partial charge is 0.307 e. The van der Waals surface area contributed by atoms with Crippen molar-refractivity contribution in [1.29, 1.82) is 0 Å². The number of hydrogen-bond donors (Lipinski definition) is 1. The normalized spacial score (nSPS) is 20.1. The summed E-state index contributed by atoms with van der Waals surface area (Å²) in [6.45, 7) is 5.61. The van der Waals surface area contributed by atoms with Crippen molar-refractivity contribution in [3.8, 4) is 0 Å². The molecule has 1 unspecified atom stereocenters. The topological polar surface area (TPSA) is 59.0 Å². The lowest BCUT2D eigenvalue weighted by molar-refractivity contribution is -0.141. The van der Waals surface area contributed by atoms with Crippen LogP contribution in [0.25, 0.3) is 0 Å². The number of carbonyl (C=O) groups excluding carboxylic acids is 1. The second kappa shape index (κ2) is 9.57. The molecule has 1 saturated heterocycles. The number of likely N-dealkylation sites (N-methyl/N-ethyl adjacent to an activating group) is 1. The van der Waals surface area contributed by atoms with Crippen molar-refractivity contribution in [2.75, 3.05) is 40.5 Å². The zero-order valence-corrected chi connectivity index (χ0v) is 10.4. The number of nitrogens with zero attached hydrogens (tertiary/aromatic N) is 1. The van der Waals surface area contributed by atoms with Gasteiger partial charge in [0.1, 0.15) is 0 Å². The molecule has 96 valence electrons. The van der Waals surface area contributed by atoms with Crippen LogP contribution in [-0.4, -0.2) is 62.5 Å². The average molecular weight is 233 g/mol. The van der Waals surface area contributed by atoms with Gasteiger partial charge in [-0.1, -0.05) is 6.92 Å². The number of aliphatic hydroxyl groups is 1. The van der Waals surface area contributed by atoms with Crippen LogP contribution in [0.15, 0.2) is 0 Å². The molecule has 0 aromatic carbocycles. The Bertz CT molecular complexity index is 187. The van der Waals surface area contributed by atoms with Gasteiger partial charge in [0.15, 0.2) is 0 Å². The highest BCUT2D eigenvalue weighted by atomic mass is 16.5. The number of hydrogen-bond acceptors (Lipinski definition) is 5. The molecule has 0 aromatic rings. The van der Waals surface area contributed by atoms with Gasteiger partial charge in [-0.2, -0.15) is 0 Å². The zero-order valence-electron chi connectivity index (χ0n) is 10.4. The van der Waals surface area contributed by atoms with E-state index in [1.807, 2.05) is 0 Å². The van der Waals surface area contributed by atoms with Gasteiger partial charge in [0.05, 0.1) is 26.2 Å². The number of β-amino-alcohol motifs (C(OH)–C–C–N with tert-alkyl or cyclic N) is 1. The van der Waals surface area contributed by atoms with Crippen LogP contribution in [0.3, 0.4) is 0 Å². The van der Waals surface area contributed by atoms with E-state index in [9.17, 15) is 4.79 Å². The monoisotopic (exact) mass is 233 g/mol. The van der Waals surface area contributed by atoms with Crippen LogP contribution in [0.1, 0.15) is 19.8 Å². The van der Waals surface area contributed by atoms with Crippen LogP contribution in [0.2, 0.25) is 0 Å². The van der Waals surface area contributed by atoms with E-state index in [1.165, 1.54) is 7.11 Å². The van der Waals surface area contributed by atoms with Gasteiger partial charge in [0.2, 0.25) is 0 Å². The van der Waals surface area contributed by atoms with Crippen LogP contribution in [0, 0.1) is 0 Å². The summed E-state index contributed by atoms with van der Waals surface area (Å²) in [5.41, 5.74) is 0. The summed E-state index contributed by atoms with van der Waals surface area (Å²) in [5, 5.41) is 8.99. The molecule has 1 rings (SSSR count). The molecule has 0 saturated carbocycles. The second-order valence-electron chi connectivity index (χ2n) is 3.65. The number of likely N-dealkylation sites (tertiary alicyclic amines) is 1. The minimum absolute atomic E-state index is 0.0463. The molecular formula is C11H23NO4. The summed E-state index contributed by atoms with van der Waals surface area (Å²) in [6, 6.07) is 0. The summed E-state index contributed by atoms with van der Waals surface area (Å²) < 4.78 is 8.95. The van der Waals surface area contributed by atoms with E-state index in [2.05, 4.69) is 21.3 Å². The zero-order chi connectivity index (χ0) is 12.4. The van der Waals surface area contributed by atoms with E-state index in [-0.39, 0.29) is 12.1 Å². The molecular weight excluding hydrogens is 210 g/mol. The Morgan fingerprint density at radius 1 is 1.50 bits per heavy atom. The Kier molecular flexibility index (Phi) is 9.18. The van der Waals surface area contributed by atoms with Crippen molar-refractivity contribution in [2.45, 2.75) is 25.9 Å². The Morgan fingerprint density at radius 2 is 2.19 bits per heavy atom. The third kappa shape index (κ3) is 7.62. The standard InChI is InChI=1S/C6H13NO.C5H10O3/c1-2-7-4-3-6(8)5-7;1-7-4-3-5(6)8-2/h6,8H,2-5H2,1H3;3-4H2,1-2H3. The number of methoxy groups -OCH3 is 2. The van der Waals surface area contributed by atoms with E-state index >= 15 is 0 Å². The predicted molar refractivity (Wildman–Crippen MR) is 61.2 cm³/mol. The fourth-order valence-electron chi connectivity index (χ4n) is 1.39. The van der Waals surface area contributed by atoms with E-state index in [0.717, 1.165) is 26.1 Å². The summed E-state index contributed by atoms with van der Waals surface area (Å²) in [4.78, 5) is 12.5. The van der Waals surface area contributed by atoms with E-state index in [0.29, 0.717) is 13.0 Å². The molecule has 0 aliphatic carbocycles. The molecule has 1 aliphatic rings. The molecule has 1 atom stereocenters. The first kappa shape index (κ1) is 15.3. The van der Waals surface area contributed by atoms with Crippen LogP contribution >= 0.6 is 0 Å². The van der Waals surface area contributed by atoms with E-state index < -0.39 is 0 Å². The maximum absolute atomic E-state index is 10.3. The molecule has 0 aromatic heterocycles. The van der Waals surface area contributed by atoms with Crippen LogP contribution < -0.4 is 0 Å². The lowest BCUT2D eigenvalue weighted by Gasteiger charge is -2.09. The quantitative estimate of drug-likeness (QED) is 0.706. The SMILES string of the molecule is CCN1CCC(O)C1.COCCC(=O)OC. The van der Waals surface area contributed by atoms with Gasteiger partial charge in [-0.3, -0.25) is 4.79 Å². The first-order valence-electron chi connectivity index (χ1n) is 5.60. The third-order valence-electron chi connectivity index (χ3n) is 2.43. The summed E-state index contributed by atoms with van der Waals surface area (Å²) in [7, 11) is 2.90. The number of ether oxygens (including phenoxy) is 2. The molecule has 5 heteroatoms. The fourth-order valence-corrected chi connectivity index (χ4v) is 1.39. The van der Waals surface area contributed by atoms with Gasteiger partial charge in [-0.15, -0.1) is 0 Å². The summed E-state index contributed by atoms with van der Waals surface area (Å²) in [6.07, 6.45) is 1.26. The first-order valence-corrected chi connectivity index (χ1v) is 5.60. The Hall–Kier alpha value is -0.650. The third-order valence-corrected chi connectivity index (χ3v) is 2.43. The highest BCUT2D eigenvalue weighted by Crippen LogP contribution is 2.06. The summed E-state index contributed by atoms with van der Waals surface area (Å²) >= 11 is 0. The fraction of sp³-hybridized carbons (Fsp3) is 0.909. The highest BCUT2D eigenvalue weighted by Gasteiger charge is 2.17. The average Bonchev–Trinajstić information content (AvgIpc) is 2.72. The lowest BCUT2D eigenvalue weighted by Crippen LogP contribution is -2.21. The van der Waals surface area contributed by atoms with E-state index in [1.54, 1.807) is 7.11 Å². The van der Waals surface area contributed by atoms with Gasteiger partial charge in [-0.05, 0) is 13.0 Å². The Labute approximate surface area is 97.3 Å². The van der Waals surface area contributed by atoms with E-state index in [4.69, 9.17) is 5.11 Å². The molecule has 0 radical (unpaired) electrons. The van der Waals surface area contributed by atoms with Gasteiger partial charge in [0.25, 0.3) is 0 Å². The number of esters is 1. The van der Waals surface area contributed by atoms with Crippen LogP contribution in [0.5, 0.6) is 0 Å². The van der Waals surface area contributed by atoms with Gasteiger partial charge < -0.3 is 19.5 Å². The van der Waals surface area contributed by atoms with Crippen molar-refractivity contribution in [1.82, 2.24) is 4.90 Å². The number of rotatable bonds is 4. The van der Waals surface area contributed by atoms with Crippen LogP contribution in [-0.2, 0) is 14.3 Å².